The molecule has 0 spiro atoms. The maximum Gasteiger partial charge on any atom is 0.307 e. The Morgan fingerprint density at radius 3 is 2.17 bits per heavy atom. The van der Waals surface area contributed by atoms with E-state index in [0.717, 1.165) is 24.8 Å². The SMILES string of the molecule is CCCCc1ccc(S(=O)(=O)N2CCN(C(=O)[C@@H]3CC=CC[C@@H]3C(=O)O)CC2)cc1. The van der Waals surface area contributed by atoms with Crippen molar-refractivity contribution in [2.45, 2.75) is 43.9 Å². The minimum absolute atomic E-state index is 0.191. The van der Waals surface area contributed by atoms with Crippen molar-refractivity contribution in [3.05, 3.63) is 42.0 Å². The van der Waals surface area contributed by atoms with E-state index in [1.165, 1.54) is 4.31 Å². The summed E-state index contributed by atoms with van der Waals surface area (Å²) in [5.74, 6) is -2.44. The van der Waals surface area contributed by atoms with Crippen molar-refractivity contribution in [3.8, 4) is 0 Å². The highest BCUT2D eigenvalue weighted by molar-refractivity contribution is 7.89. The summed E-state index contributed by atoms with van der Waals surface area (Å²) in [6.07, 6.45) is 7.53. The van der Waals surface area contributed by atoms with Gasteiger partial charge in [0.15, 0.2) is 0 Å². The van der Waals surface area contributed by atoms with Gasteiger partial charge < -0.3 is 10.0 Å². The van der Waals surface area contributed by atoms with Crippen molar-refractivity contribution < 1.29 is 23.1 Å². The molecule has 0 aromatic heterocycles. The maximum absolute atomic E-state index is 13.0. The highest BCUT2D eigenvalue weighted by Crippen LogP contribution is 2.28. The van der Waals surface area contributed by atoms with E-state index in [1.807, 2.05) is 18.2 Å². The van der Waals surface area contributed by atoms with Gasteiger partial charge in [-0.05, 0) is 43.4 Å². The number of carbonyl (C=O) groups excluding carboxylic acids is 1. The van der Waals surface area contributed by atoms with E-state index in [4.69, 9.17) is 0 Å². The van der Waals surface area contributed by atoms with Gasteiger partial charge in [-0.25, -0.2) is 8.42 Å². The Morgan fingerprint density at radius 2 is 1.60 bits per heavy atom. The topological polar surface area (TPSA) is 95.0 Å². The zero-order valence-electron chi connectivity index (χ0n) is 17.4. The standard InChI is InChI=1S/C22H30N2O5S/c1-2-3-6-17-9-11-18(12-10-17)30(28,29)24-15-13-23(14-16-24)21(25)19-7-4-5-8-20(19)22(26)27/h4-5,9-12,19-20H,2-3,6-8,13-16H2,1H3,(H,26,27)/t19-,20+/m1/s1. The Hall–Kier alpha value is -2.19. The average molecular weight is 435 g/mol. The third-order valence-electron chi connectivity index (χ3n) is 6.00. The number of nitrogens with zero attached hydrogens (tertiary/aromatic N) is 2. The predicted octanol–water partition coefficient (Wildman–Crippen LogP) is 2.53. The van der Waals surface area contributed by atoms with E-state index in [0.29, 0.717) is 12.8 Å². The van der Waals surface area contributed by atoms with Crippen LogP contribution in [-0.4, -0.2) is 60.8 Å². The molecule has 8 heteroatoms. The number of hydrogen-bond acceptors (Lipinski definition) is 4. The molecule has 1 amide bonds. The van der Waals surface area contributed by atoms with Crippen molar-refractivity contribution in [1.82, 2.24) is 9.21 Å². The first-order chi connectivity index (χ1) is 14.3. The van der Waals surface area contributed by atoms with Gasteiger partial charge in [-0.15, -0.1) is 0 Å². The normalized spacial score (nSPS) is 22.8. The molecule has 1 fully saturated rings. The van der Waals surface area contributed by atoms with Gasteiger partial charge in [0.1, 0.15) is 0 Å². The summed E-state index contributed by atoms with van der Waals surface area (Å²) in [6, 6.07) is 7.04. The molecule has 0 saturated carbocycles. The van der Waals surface area contributed by atoms with E-state index >= 15 is 0 Å². The van der Waals surface area contributed by atoms with Crippen molar-refractivity contribution in [1.29, 1.82) is 0 Å². The molecule has 0 unspecified atom stereocenters. The lowest BCUT2D eigenvalue weighted by molar-refractivity contribution is -0.151. The van der Waals surface area contributed by atoms with Crippen LogP contribution in [0.25, 0.3) is 0 Å². The Morgan fingerprint density at radius 1 is 1.00 bits per heavy atom. The van der Waals surface area contributed by atoms with Gasteiger partial charge in [0.25, 0.3) is 0 Å². The Labute approximate surface area is 178 Å². The summed E-state index contributed by atoms with van der Waals surface area (Å²) in [5, 5.41) is 9.41. The number of carboxylic acids is 1. The number of benzene rings is 1. The lowest BCUT2D eigenvalue weighted by Crippen LogP contribution is -2.53. The smallest absolute Gasteiger partial charge is 0.307 e. The summed E-state index contributed by atoms with van der Waals surface area (Å²) in [5.41, 5.74) is 1.13. The maximum atomic E-state index is 13.0. The molecule has 1 aromatic rings. The van der Waals surface area contributed by atoms with Crippen LogP contribution in [0.1, 0.15) is 38.2 Å². The first-order valence-electron chi connectivity index (χ1n) is 10.6. The van der Waals surface area contributed by atoms with Gasteiger partial charge in [-0.3, -0.25) is 9.59 Å². The van der Waals surface area contributed by atoms with Gasteiger partial charge in [0, 0.05) is 26.2 Å². The number of carboxylic acid groups (broad SMARTS) is 1. The lowest BCUT2D eigenvalue weighted by Gasteiger charge is -2.37. The van der Waals surface area contributed by atoms with Crippen molar-refractivity contribution in [2.75, 3.05) is 26.2 Å². The molecular weight excluding hydrogens is 404 g/mol. The van der Waals surface area contributed by atoms with E-state index in [1.54, 1.807) is 23.1 Å². The highest BCUT2D eigenvalue weighted by atomic mass is 32.2. The van der Waals surface area contributed by atoms with Gasteiger partial charge in [0.05, 0.1) is 16.7 Å². The minimum Gasteiger partial charge on any atom is -0.481 e. The molecule has 1 aliphatic heterocycles. The second-order valence-electron chi connectivity index (χ2n) is 7.97. The van der Waals surface area contributed by atoms with Crippen LogP contribution in [0.3, 0.4) is 0 Å². The van der Waals surface area contributed by atoms with Crippen LogP contribution in [0.4, 0.5) is 0 Å². The summed E-state index contributed by atoms with van der Waals surface area (Å²) < 4.78 is 27.3. The molecule has 2 atom stereocenters. The molecular formula is C22H30N2O5S. The number of carbonyl (C=O) groups is 2. The fourth-order valence-electron chi connectivity index (χ4n) is 4.10. The second kappa shape index (κ2) is 9.75. The zero-order chi connectivity index (χ0) is 21.7. The molecule has 2 aliphatic rings. The first kappa shape index (κ1) is 22.5. The van der Waals surface area contributed by atoms with Gasteiger partial charge >= 0.3 is 5.97 Å². The fraction of sp³-hybridized carbons (Fsp3) is 0.545. The second-order valence-corrected chi connectivity index (χ2v) is 9.91. The van der Waals surface area contributed by atoms with E-state index < -0.39 is 27.8 Å². The van der Waals surface area contributed by atoms with Crippen molar-refractivity contribution >= 4 is 21.9 Å². The predicted molar refractivity (Wildman–Crippen MR) is 113 cm³/mol. The van der Waals surface area contributed by atoms with E-state index in [-0.39, 0.29) is 37.0 Å². The Bertz CT molecular complexity index is 887. The van der Waals surface area contributed by atoms with E-state index in [9.17, 15) is 23.1 Å². The van der Waals surface area contributed by atoms with Gasteiger partial charge in [0.2, 0.25) is 15.9 Å². The summed E-state index contributed by atoms with van der Waals surface area (Å²) in [4.78, 5) is 26.2. The quantitative estimate of drug-likeness (QED) is 0.666. The molecule has 1 N–H and O–H groups in total. The molecule has 1 aromatic carbocycles. The van der Waals surface area contributed by atoms with Gasteiger partial charge in [-0.2, -0.15) is 4.31 Å². The van der Waals surface area contributed by atoms with Crippen LogP contribution in [0, 0.1) is 11.8 Å². The van der Waals surface area contributed by atoms with Crippen LogP contribution in [-0.2, 0) is 26.0 Å². The van der Waals surface area contributed by atoms with Crippen LogP contribution >= 0.6 is 0 Å². The number of rotatable bonds is 7. The number of aliphatic carboxylic acids is 1. The molecule has 7 nitrogen and oxygen atoms in total. The fourth-order valence-corrected chi connectivity index (χ4v) is 5.52. The molecule has 1 saturated heterocycles. The highest BCUT2D eigenvalue weighted by Gasteiger charge is 2.38. The number of amides is 1. The summed E-state index contributed by atoms with van der Waals surface area (Å²) in [7, 11) is -3.61. The molecule has 0 bridgehead atoms. The summed E-state index contributed by atoms with van der Waals surface area (Å²) in [6.45, 7) is 3.10. The number of piperazine rings is 1. The monoisotopic (exact) mass is 434 g/mol. The third-order valence-corrected chi connectivity index (χ3v) is 7.91. The minimum atomic E-state index is -3.61. The number of allylic oxidation sites excluding steroid dienone is 2. The van der Waals surface area contributed by atoms with Crippen LogP contribution < -0.4 is 0 Å². The molecule has 30 heavy (non-hydrogen) atoms. The average Bonchev–Trinajstić information content (AvgIpc) is 2.77. The Kier molecular flexibility index (Phi) is 7.31. The molecule has 164 valence electrons. The number of hydrogen-bond donors (Lipinski definition) is 1. The van der Waals surface area contributed by atoms with Crippen molar-refractivity contribution in [3.63, 3.8) is 0 Å². The molecule has 3 rings (SSSR count). The lowest BCUT2D eigenvalue weighted by atomic mass is 9.82. The largest absolute Gasteiger partial charge is 0.481 e. The van der Waals surface area contributed by atoms with Crippen LogP contribution in [0.5, 0.6) is 0 Å². The molecule has 0 radical (unpaired) electrons. The number of unbranched alkanes of at least 4 members (excludes halogenated alkanes) is 1. The van der Waals surface area contributed by atoms with E-state index in [2.05, 4.69) is 6.92 Å². The van der Waals surface area contributed by atoms with Gasteiger partial charge in [-0.1, -0.05) is 37.6 Å². The van der Waals surface area contributed by atoms with Crippen LogP contribution in [0.2, 0.25) is 0 Å². The number of aryl methyl sites for hydroxylation is 1. The molecule has 1 aliphatic carbocycles. The Balaban J connectivity index is 1.62. The number of sulfonamides is 1. The third kappa shape index (κ3) is 4.92. The van der Waals surface area contributed by atoms with Crippen LogP contribution in [0.15, 0.2) is 41.3 Å². The first-order valence-corrected chi connectivity index (χ1v) is 12.0. The van der Waals surface area contributed by atoms with Crippen molar-refractivity contribution in [2.24, 2.45) is 11.8 Å². The molecule has 1 heterocycles. The zero-order valence-corrected chi connectivity index (χ0v) is 18.2. The summed E-state index contributed by atoms with van der Waals surface area (Å²) >= 11 is 0.